The Morgan fingerprint density at radius 2 is 1.83 bits per heavy atom. The summed E-state index contributed by atoms with van der Waals surface area (Å²) in [6.07, 6.45) is -0.401. The molecule has 2 atom stereocenters. The standard InChI is InChI=1S/C29H31N3O4/c1-19-12-13-23(14-20(19)2)36-18-22(33)17-32-25-9-5-4-8-24(25)30-29(32)21-15-28(34)31(16-21)26-10-6-7-11-27(26)35-3/h4-14,21-22,33H,15-18H2,1-3H3. The highest BCUT2D eigenvalue weighted by atomic mass is 16.5. The average Bonchev–Trinajstić information content (AvgIpc) is 3.45. The summed E-state index contributed by atoms with van der Waals surface area (Å²) in [4.78, 5) is 19.7. The molecule has 4 aromatic rings. The maximum atomic E-state index is 13.1. The van der Waals surface area contributed by atoms with E-state index in [-0.39, 0.29) is 18.4 Å². The number of aromatic nitrogens is 2. The molecule has 1 fully saturated rings. The van der Waals surface area contributed by atoms with Crippen molar-refractivity contribution in [1.82, 2.24) is 9.55 Å². The van der Waals surface area contributed by atoms with Gasteiger partial charge in [0.25, 0.3) is 0 Å². The van der Waals surface area contributed by atoms with Crippen LogP contribution in [0.15, 0.2) is 66.7 Å². The molecule has 2 unspecified atom stereocenters. The van der Waals surface area contributed by atoms with E-state index in [9.17, 15) is 9.90 Å². The highest BCUT2D eigenvalue weighted by Gasteiger charge is 2.36. The molecule has 1 aliphatic rings. The topological polar surface area (TPSA) is 76.8 Å². The summed E-state index contributed by atoms with van der Waals surface area (Å²) in [6.45, 7) is 5.07. The van der Waals surface area contributed by atoms with Crippen molar-refractivity contribution in [2.24, 2.45) is 0 Å². The molecular weight excluding hydrogens is 454 g/mol. The number of para-hydroxylation sites is 4. The highest BCUT2D eigenvalue weighted by molar-refractivity contribution is 5.97. The van der Waals surface area contributed by atoms with Gasteiger partial charge in [0.05, 0.1) is 30.4 Å². The summed E-state index contributed by atoms with van der Waals surface area (Å²) in [6, 6.07) is 21.3. The summed E-state index contributed by atoms with van der Waals surface area (Å²) in [5.41, 5.74) is 4.89. The monoisotopic (exact) mass is 485 g/mol. The quantitative estimate of drug-likeness (QED) is 0.394. The van der Waals surface area contributed by atoms with Gasteiger partial charge in [-0.1, -0.05) is 30.3 Å². The average molecular weight is 486 g/mol. The van der Waals surface area contributed by atoms with E-state index in [4.69, 9.17) is 14.5 Å². The minimum atomic E-state index is -0.745. The predicted octanol–water partition coefficient (Wildman–Crippen LogP) is 4.62. The lowest BCUT2D eigenvalue weighted by Crippen LogP contribution is -2.26. The number of aliphatic hydroxyl groups is 1. The van der Waals surface area contributed by atoms with E-state index in [1.54, 1.807) is 12.0 Å². The van der Waals surface area contributed by atoms with Crippen LogP contribution < -0.4 is 14.4 Å². The van der Waals surface area contributed by atoms with Crippen molar-refractivity contribution in [3.8, 4) is 11.5 Å². The molecule has 1 amide bonds. The fraction of sp³-hybridized carbons (Fsp3) is 0.310. The maximum Gasteiger partial charge on any atom is 0.227 e. The van der Waals surface area contributed by atoms with Gasteiger partial charge in [0.15, 0.2) is 0 Å². The lowest BCUT2D eigenvalue weighted by atomic mass is 10.1. The van der Waals surface area contributed by atoms with Crippen molar-refractivity contribution in [3.05, 3.63) is 83.7 Å². The van der Waals surface area contributed by atoms with Crippen molar-refractivity contribution >= 4 is 22.6 Å². The summed E-state index contributed by atoms with van der Waals surface area (Å²) in [5.74, 6) is 2.12. The number of anilines is 1. The number of aryl methyl sites for hydroxylation is 2. The number of fused-ring (bicyclic) bond motifs is 1. The molecule has 36 heavy (non-hydrogen) atoms. The molecule has 186 valence electrons. The molecule has 0 spiro atoms. The Balaban J connectivity index is 1.38. The van der Waals surface area contributed by atoms with E-state index < -0.39 is 6.10 Å². The van der Waals surface area contributed by atoms with Gasteiger partial charge >= 0.3 is 0 Å². The molecular formula is C29H31N3O4. The summed E-state index contributed by atoms with van der Waals surface area (Å²) < 4.78 is 13.4. The largest absolute Gasteiger partial charge is 0.495 e. The minimum Gasteiger partial charge on any atom is -0.495 e. The van der Waals surface area contributed by atoms with Gasteiger partial charge < -0.3 is 24.0 Å². The Hall–Kier alpha value is -3.84. The van der Waals surface area contributed by atoms with Gasteiger partial charge in [0.2, 0.25) is 5.91 Å². The molecule has 7 nitrogen and oxygen atoms in total. The van der Waals surface area contributed by atoms with Gasteiger partial charge in [-0.25, -0.2) is 4.98 Å². The summed E-state index contributed by atoms with van der Waals surface area (Å²) in [7, 11) is 1.61. The van der Waals surface area contributed by atoms with E-state index in [0.29, 0.717) is 25.3 Å². The number of amides is 1. The third kappa shape index (κ3) is 4.66. The zero-order chi connectivity index (χ0) is 25.2. The van der Waals surface area contributed by atoms with Gasteiger partial charge in [0, 0.05) is 18.9 Å². The molecule has 1 aromatic heterocycles. The first-order valence-electron chi connectivity index (χ1n) is 12.2. The number of benzene rings is 3. The van der Waals surface area contributed by atoms with Crippen molar-refractivity contribution in [1.29, 1.82) is 0 Å². The van der Waals surface area contributed by atoms with Crippen LogP contribution in [0.2, 0.25) is 0 Å². The SMILES string of the molecule is COc1ccccc1N1CC(c2nc3ccccc3n2CC(O)COc2ccc(C)c(C)c2)CC1=O. The number of methoxy groups -OCH3 is 1. The summed E-state index contributed by atoms with van der Waals surface area (Å²) in [5, 5.41) is 10.9. The Morgan fingerprint density at radius 1 is 1.06 bits per heavy atom. The zero-order valence-electron chi connectivity index (χ0n) is 20.8. The molecule has 1 saturated heterocycles. The second-order valence-electron chi connectivity index (χ2n) is 9.36. The van der Waals surface area contributed by atoms with E-state index in [1.807, 2.05) is 78.2 Å². The normalized spacial score (nSPS) is 16.5. The van der Waals surface area contributed by atoms with Crippen LogP contribution >= 0.6 is 0 Å². The van der Waals surface area contributed by atoms with Crippen LogP contribution in [-0.4, -0.2) is 46.9 Å². The number of carbonyl (C=O) groups excluding carboxylic acids is 1. The number of imidazole rings is 1. The number of carbonyl (C=O) groups is 1. The van der Waals surface area contributed by atoms with Crippen LogP contribution in [0.5, 0.6) is 11.5 Å². The molecule has 2 heterocycles. The number of hydrogen-bond donors (Lipinski definition) is 1. The molecule has 0 saturated carbocycles. The lowest BCUT2D eigenvalue weighted by molar-refractivity contribution is -0.117. The lowest BCUT2D eigenvalue weighted by Gasteiger charge is -2.20. The Labute approximate surface area is 210 Å². The fourth-order valence-corrected chi connectivity index (χ4v) is 4.82. The number of rotatable bonds is 8. The van der Waals surface area contributed by atoms with Crippen molar-refractivity contribution in [3.63, 3.8) is 0 Å². The summed E-state index contributed by atoms with van der Waals surface area (Å²) >= 11 is 0. The van der Waals surface area contributed by atoms with Crippen LogP contribution in [0.25, 0.3) is 11.0 Å². The second kappa shape index (κ2) is 10.0. The van der Waals surface area contributed by atoms with E-state index in [0.717, 1.165) is 33.9 Å². The van der Waals surface area contributed by atoms with E-state index >= 15 is 0 Å². The Kier molecular flexibility index (Phi) is 6.65. The van der Waals surface area contributed by atoms with Crippen LogP contribution in [0.4, 0.5) is 5.69 Å². The first-order valence-corrected chi connectivity index (χ1v) is 12.2. The molecule has 0 aliphatic carbocycles. The maximum absolute atomic E-state index is 13.1. The molecule has 7 heteroatoms. The smallest absolute Gasteiger partial charge is 0.227 e. The number of ether oxygens (including phenoxy) is 2. The third-order valence-corrected chi connectivity index (χ3v) is 6.86. The highest BCUT2D eigenvalue weighted by Crippen LogP contribution is 2.37. The second-order valence-corrected chi connectivity index (χ2v) is 9.36. The van der Waals surface area contributed by atoms with Crippen molar-refractivity contribution < 1.29 is 19.4 Å². The zero-order valence-corrected chi connectivity index (χ0v) is 20.8. The minimum absolute atomic E-state index is 0.0294. The Morgan fingerprint density at radius 3 is 2.64 bits per heavy atom. The van der Waals surface area contributed by atoms with Crippen LogP contribution in [0.3, 0.4) is 0 Å². The Bertz CT molecular complexity index is 1400. The van der Waals surface area contributed by atoms with Gasteiger partial charge in [-0.2, -0.15) is 0 Å². The third-order valence-electron chi connectivity index (χ3n) is 6.86. The first-order chi connectivity index (χ1) is 17.4. The predicted molar refractivity (Wildman–Crippen MR) is 140 cm³/mol. The van der Waals surface area contributed by atoms with Crippen LogP contribution in [0, 0.1) is 13.8 Å². The molecule has 0 bridgehead atoms. The van der Waals surface area contributed by atoms with E-state index in [2.05, 4.69) is 6.92 Å². The number of hydrogen-bond acceptors (Lipinski definition) is 5. The van der Waals surface area contributed by atoms with Gasteiger partial charge in [0.1, 0.15) is 30.0 Å². The number of aliphatic hydroxyl groups excluding tert-OH is 1. The molecule has 5 rings (SSSR count). The van der Waals surface area contributed by atoms with Crippen LogP contribution in [-0.2, 0) is 11.3 Å². The molecule has 1 N–H and O–H groups in total. The van der Waals surface area contributed by atoms with Crippen molar-refractivity contribution in [2.45, 2.75) is 38.8 Å². The molecule has 1 aliphatic heterocycles. The molecule has 3 aromatic carbocycles. The van der Waals surface area contributed by atoms with Gasteiger partial charge in [-0.05, 0) is 61.4 Å². The van der Waals surface area contributed by atoms with Gasteiger partial charge in [-0.3, -0.25) is 4.79 Å². The van der Waals surface area contributed by atoms with E-state index in [1.165, 1.54) is 5.56 Å². The number of nitrogens with zero attached hydrogens (tertiary/aromatic N) is 3. The fourth-order valence-electron chi connectivity index (χ4n) is 4.82. The first kappa shape index (κ1) is 23.9. The molecule has 0 radical (unpaired) electrons. The van der Waals surface area contributed by atoms with Crippen LogP contribution in [0.1, 0.15) is 29.3 Å². The van der Waals surface area contributed by atoms with Crippen molar-refractivity contribution in [2.75, 3.05) is 25.2 Å². The van der Waals surface area contributed by atoms with Gasteiger partial charge in [-0.15, -0.1) is 0 Å².